The highest BCUT2D eigenvalue weighted by molar-refractivity contribution is 14.0. The first kappa shape index (κ1) is 21.8. The zero-order valence-electron chi connectivity index (χ0n) is 15.1. The van der Waals surface area contributed by atoms with Crippen LogP contribution in [0.4, 0.5) is 0 Å². The predicted molar refractivity (Wildman–Crippen MR) is 111 cm³/mol. The maximum Gasteiger partial charge on any atom is 0.191 e. The van der Waals surface area contributed by atoms with Gasteiger partial charge in [-0.25, -0.2) is 9.98 Å². The molecular weight excluding hydrogens is 453 g/mol. The van der Waals surface area contributed by atoms with Crippen molar-refractivity contribution in [1.29, 1.82) is 0 Å². The number of ether oxygens (including phenoxy) is 1. The van der Waals surface area contributed by atoms with Gasteiger partial charge in [0.25, 0.3) is 0 Å². The molecule has 0 atom stereocenters. The largest absolute Gasteiger partial charge is 0.383 e. The predicted octanol–water partition coefficient (Wildman–Crippen LogP) is 1.43. The molecule has 8 nitrogen and oxygen atoms in total. The summed E-state index contributed by atoms with van der Waals surface area (Å²) in [4.78, 5) is 10.2. The lowest BCUT2D eigenvalue weighted by Gasteiger charge is -2.11. The zero-order valence-corrected chi connectivity index (χ0v) is 18.2. The number of thiazole rings is 1. The molecular formula is C15H26IN7OS. The molecule has 140 valence electrons. The van der Waals surface area contributed by atoms with Gasteiger partial charge in [-0.15, -0.1) is 45.5 Å². The number of aromatic nitrogens is 4. The first-order chi connectivity index (χ1) is 11.6. The molecule has 0 aliphatic rings. The summed E-state index contributed by atoms with van der Waals surface area (Å²) >= 11 is 1.72. The molecule has 10 heteroatoms. The number of nitrogens with zero attached hydrogens (tertiary/aromatic N) is 5. The zero-order chi connectivity index (χ0) is 17.4. The van der Waals surface area contributed by atoms with Crippen LogP contribution in [0.5, 0.6) is 0 Å². The summed E-state index contributed by atoms with van der Waals surface area (Å²) < 4.78 is 7.01. The number of aryl methyl sites for hydroxylation is 2. The smallest absolute Gasteiger partial charge is 0.191 e. The van der Waals surface area contributed by atoms with E-state index < -0.39 is 0 Å². The van der Waals surface area contributed by atoms with Crippen molar-refractivity contribution < 1.29 is 4.74 Å². The number of halogens is 1. The van der Waals surface area contributed by atoms with Gasteiger partial charge in [0, 0.05) is 44.7 Å². The van der Waals surface area contributed by atoms with Gasteiger partial charge in [-0.2, -0.15) is 0 Å². The van der Waals surface area contributed by atoms with E-state index in [1.54, 1.807) is 18.4 Å². The summed E-state index contributed by atoms with van der Waals surface area (Å²) in [7, 11) is 3.62. The van der Waals surface area contributed by atoms with Crippen LogP contribution >= 0.6 is 35.3 Å². The molecule has 0 bridgehead atoms. The van der Waals surface area contributed by atoms with Gasteiger partial charge in [0.05, 0.1) is 11.6 Å². The average Bonchev–Trinajstić information content (AvgIpc) is 3.12. The molecule has 0 amide bonds. The molecule has 0 aliphatic carbocycles. The standard InChI is InChI=1S/C15H25N7OS.HI/c1-11-9-18-14(24-11)5-6-16-15(17-7-8-23-4)19-10-13-21-20-12(2)22(13)3;/h9H,5-8,10H2,1-4H3,(H2,16,17,19);1H. The Morgan fingerprint density at radius 1 is 1.28 bits per heavy atom. The second-order valence-electron chi connectivity index (χ2n) is 5.35. The van der Waals surface area contributed by atoms with Crippen molar-refractivity contribution in [3.05, 3.63) is 27.7 Å². The van der Waals surface area contributed by atoms with Crippen LogP contribution in [0.3, 0.4) is 0 Å². The van der Waals surface area contributed by atoms with Crippen LogP contribution in [-0.2, 0) is 24.8 Å². The second-order valence-corrected chi connectivity index (χ2v) is 6.67. The quantitative estimate of drug-likeness (QED) is 0.258. The van der Waals surface area contributed by atoms with Gasteiger partial charge in [0.2, 0.25) is 0 Å². The van der Waals surface area contributed by atoms with Crippen molar-refractivity contribution in [1.82, 2.24) is 30.4 Å². The molecule has 2 aromatic heterocycles. The van der Waals surface area contributed by atoms with E-state index in [2.05, 4.69) is 37.7 Å². The van der Waals surface area contributed by atoms with E-state index in [-0.39, 0.29) is 24.0 Å². The third-order valence-electron chi connectivity index (χ3n) is 3.46. The maximum atomic E-state index is 5.07. The summed E-state index contributed by atoms with van der Waals surface area (Å²) in [6.07, 6.45) is 2.77. The number of nitrogens with one attached hydrogen (secondary N) is 2. The van der Waals surface area contributed by atoms with Crippen LogP contribution in [0, 0.1) is 13.8 Å². The van der Waals surface area contributed by atoms with E-state index in [1.807, 2.05) is 24.7 Å². The molecule has 0 saturated heterocycles. The molecule has 25 heavy (non-hydrogen) atoms. The molecule has 2 aromatic rings. The van der Waals surface area contributed by atoms with Crippen molar-refractivity contribution in [3.8, 4) is 0 Å². The second kappa shape index (κ2) is 11.4. The molecule has 0 unspecified atom stereocenters. The Morgan fingerprint density at radius 2 is 2.04 bits per heavy atom. The summed E-state index contributed by atoms with van der Waals surface area (Å²) in [6, 6.07) is 0. The van der Waals surface area contributed by atoms with E-state index in [4.69, 9.17) is 4.74 Å². The molecule has 2 heterocycles. The molecule has 2 rings (SSSR count). The van der Waals surface area contributed by atoms with E-state index in [9.17, 15) is 0 Å². The Labute approximate surface area is 169 Å². The van der Waals surface area contributed by atoms with Gasteiger partial charge in [0.1, 0.15) is 12.4 Å². The Morgan fingerprint density at radius 3 is 2.64 bits per heavy atom. The van der Waals surface area contributed by atoms with E-state index in [0.29, 0.717) is 19.7 Å². The molecule has 0 saturated carbocycles. The van der Waals surface area contributed by atoms with Crippen LogP contribution in [0.1, 0.15) is 21.5 Å². The van der Waals surface area contributed by atoms with Gasteiger partial charge < -0.3 is 19.9 Å². The molecule has 0 aliphatic heterocycles. The molecule has 0 radical (unpaired) electrons. The first-order valence-corrected chi connectivity index (χ1v) is 8.69. The summed E-state index contributed by atoms with van der Waals surface area (Å²) in [5, 5.41) is 15.9. The first-order valence-electron chi connectivity index (χ1n) is 7.87. The monoisotopic (exact) mass is 479 g/mol. The fourth-order valence-corrected chi connectivity index (χ4v) is 2.78. The lowest BCUT2D eigenvalue weighted by molar-refractivity contribution is 0.203. The van der Waals surface area contributed by atoms with Crippen LogP contribution in [0.2, 0.25) is 0 Å². The molecule has 0 aromatic carbocycles. The van der Waals surface area contributed by atoms with Crippen molar-refractivity contribution >= 4 is 41.3 Å². The Balaban J connectivity index is 0.00000312. The van der Waals surface area contributed by atoms with Crippen LogP contribution in [0.15, 0.2) is 11.2 Å². The van der Waals surface area contributed by atoms with E-state index in [0.717, 1.165) is 35.6 Å². The van der Waals surface area contributed by atoms with Gasteiger partial charge >= 0.3 is 0 Å². The SMILES string of the molecule is COCCNC(=NCc1nnc(C)n1C)NCCc1ncc(C)s1.I. The summed E-state index contributed by atoms with van der Waals surface area (Å²) in [6.45, 7) is 6.54. The topological polar surface area (TPSA) is 89.2 Å². The number of guanidine groups is 1. The Bertz CT molecular complexity index is 671. The lowest BCUT2D eigenvalue weighted by Crippen LogP contribution is -2.40. The normalized spacial score (nSPS) is 11.3. The van der Waals surface area contributed by atoms with Crippen molar-refractivity contribution in [2.75, 3.05) is 26.8 Å². The van der Waals surface area contributed by atoms with Crippen LogP contribution in [-0.4, -0.2) is 52.5 Å². The van der Waals surface area contributed by atoms with Gasteiger partial charge in [-0.1, -0.05) is 0 Å². The number of rotatable bonds is 8. The third-order valence-corrected chi connectivity index (χ3v) is 4.43. The Hall–Kier alpha value is -1.27. The fourth-order valence-electron chi connectivity index (χ4n) is 1.99. The van der Waals surface area contributed by atoms with Gasteiger partial charge in [0.15, 0.2) is 11.8 Å². The van der Waals surface area contributed by atoms with Crippen molar-refractivity contribution in [2.45, 2.75) is 26.8 Å². The molecule has 0 fully saturated rings. The minimum absolute atomic E-state index is 0. The van der Waals surface area contributed by atoms with E-state index in [1.165, 1.54) is 4.88 Å². The van der Waals surface area contributed by atoms with Crippen molar-refractivity contribution in [2.24, 2.45) is 12.0 Å². The minimum Gasteiger partial charge on any atom is -0.383 e. The number of hydrogen-bond acceptors (Lipinski definition) is 6. The lowest BCUT2D eigenvalue weighted by atomic mass is 10.4. The van der Waals surface area contributed by atoms with Gasteiger partial charge in [-0.05, 0) is 13.8 Å². The highest BCUT2D eigenvalue weighted by atomic mass is 127. The minimum atomic E-state index is 0. The summed E-state index contributed by atoms with van der Waals surface area (Å²) in [5.74, 6) is 2.44. The third kappa shape index (κ3) is 7.24. The van der Waals surface area contributed by atoms with Crippen LogP contribution in [0.25, 0.3) is 0 Å². The van der Waals surface area contributed by atoms with Crippen molar-refractivity contribution in [3.63, 3.8) is 0 Å². The Kier molecular flexibility index (Phi) is 9.90. The number of methoxy groups -OCH3 is 1. The maximum absolute atomic E-state index is 5.07. The van der Waals surface area contributed by atoms with Gasteiger partial charge in [-0.3, -0.25) is 0 Å². The van der Waals surface area contributed by atoms with Crippen LogP contribution < -0.4 is 10.6 Å². The highest BCUT2D eigenvalue weighted by Crippen LogP contribution is 2.10. The number of hydrogen-bond donors (Lipinski definition) is 2. The highest BCUT2D eigenvalue weighted by Gasteiger charge is 2.05. The molecule has 2 N–H and O–H groups in total. The molecule has 0 spiro atoms. The fraction of sp³-hybridized carbons (Fsp3) is 0.600. The summed E-state index contributed by atoms with van der Waals surface area (Å²) in [5.41, 5.74) is 0. The number of aliphatic imine (C=N–C) groups is 1. The average molecular weight is 479 g/mol. The van der Waals surface area contributed by atoms with E-state index >= 15 is 0 Å².